The minimum Gasteiger partial charge on any atom is -0.347 e. The second-order valence-electron chi connectivity index (χ2n) is 15.5. The summed E-state index contributed by atoms with van der Waals surface area (Å²) in [5.74, 6) is -3.20. The van der Waals surface area contributed by atoms with E-state index in [4.69, 9.17) is 0 Å². The zero-order chi connectivity index (χ0) is 35.3. The predicted molar refractivity (Wildman–Crippen MR) is 228 cm³/mol. The zero-order valence-corrected chi connectivity index (χ0v) is 32.3. The van der Waals surface area contributed by atoms with E-state index >= 15 is 0 Å². The highest BCUT2D eigenvalue weighted by atomic mass is 32.1. The third-order valence-corrected chi connectivity index (χ3v) is 10.7. The van der Waals surface area contributed by atoms with Crippen molar-refractivity contribution in [2.45, 2.75) is 165 Å². The summed E-state index contributed by atoms with van der Waals surface area (Å²) in [5.41, 5.74) is -0.638. The number of amides is 5. The number of Topliss-reactive ketones (excluding diaryl/α,β-unsaturated/α-hetero) is 1. The molecule has 0 unspecified atom stereocenters. The van der Waals surface area contributed by atoms with Crippen molar-refractivity contribution in [1.29, 1.82) is 0 Å². The molecule has 5 rings (SSSR count). The molecule has 55 heavy (non-hydrogen) atoms. The number of aromatic nitrogens is 2. The smallest absolute Gasteiger partial charge is 0.289 e. The van der Waals surface area contributed by atoms with Crippen LogP contribution in [0.5, 0.6) is 0 Å². The lowest BCUT2D eigenvalue weighted by Gasteiger charge is -2.38. The molecule has 1 saturated heterocycles. The SMILES string of the molecule is C.C.C.C.CCC[C@@H](NC(=O)[C@H]1[C@H]2CCC[C@H]2CN1C(=O)[C@H](NC(=O)[C@@H](NC(=O)c1cnccn1)C1CCCCC1)C(C)(C)C)C(=O)C(=O)NC1CC1.S.S. The molecule has 0 aromatic carbocycles. The molecular weight excluding hydrogens is 739 g/mol. The van der Waals surface area contributed by atoms with Gasteiger partial charge in [-0.3, -0.25) is 33.8 Å². The third-order valence-electron chi connectivity index (χ3n) is 10.7. The van der Waals surface area contributed by atoms with Crippen LogP contribution in [-0.4, -0.2) is 86.9 Å². The second kappa shape index (κ2) is 23.8. The van der Waals surface area contributed by atoms with Crippen LogP contribution in [-0.2, 0) is 24.0 Å². The lowest BCUT2D eigenvalue weighted by atomic mass is 9.82. The Bertz CT molecular complexity index is 1400. The number of carbonyl (C=O) groups is 6. The summed E-state index contributed by atoms with van der Waals surface area (Å²) in [6.45, 7) is 7.85. The molecule has 2 heterocycles. The van der Waals surface area contributed by atoms with E-state index in [1.807, 2.05) is 27.7 Å². The fourth-order valence-corrected chi connectivity index (χ4v) is 7.87. The molecule has 5 amide bonds. The molecule has 0 bridgehead atoms. The van der Waals surface area contributed by atoms with E-state index in [1.165, 1.54) is 18.6 Å². The van der Waals surface area contributed by atoms with E-state index in [9.17, 15) is 28.8 Å². The van der Waals surface area contributed by atoms with Crippen molar-refractivity contribution in [3.63, 3.8) is 0 Å². The van der Waals surface area contributed by atoms with Gasteiger partial charge in [-0.1, -0.05) is 89.5 Å². The Morgan fingerprint density at radius 2 is 1.49 bits per heavy atom. The number of hydrogen-bond donors (Lipinski definition) is 4. The number of carbonyl (C=O) groups excluding carboxylic acids is 6. The predicted octanol–water partition coefficient (Wildman–Crippen LogP) is 5.22. The average molecular weight is 812 g/mol. The van der Waals surface area contributed by atoms with Gasteiger partial charge in [-0.25, -0.2) is 4.98 Å². The van der Waals surface area contributed by atoms with Crippen LogP contribution >= 0.6 is 27.0 Å². The van der Waals surface area contributed by atoms with Crippen LogP contribution in [0, 0.1) is 23.2 Å². The number of fused-ring (bicyclic) bond motifs is 1. The van der Waals surface area contributed by atoms with Crippen LogP contribution in [0.4, 0.5) is 0 Å². The van der Waals surface area contributed by atoms with Crippen molar-refractivity contribution in [3.8, 4) is 0 Å². The van der Waals surface area contributed by atoms with E-state index < -0.39 is 59.0 Å². The molecule has 1 aromatic heterocycles. The Morgan fingerprint density at radius 1 is 0.836 bits per heavy atom. The van der Waals surface area contributed by atoms with Gasteiger partial charge in [0.1, 0.15) is 23.8 Å². The molecule has 1 aliphatic heterocycles. The minimum absolute atomic E-state index is 0. The molecule has 1 aromatic rings. The highest BCUT2D eigenvalue weighted by Crippen LogP contribution is 2.43. The fourth-order valence-electron chi connectivity index (χ4n) is 7.87. The first-order chi connectivity index (χ1) is 23.4. The summed E-state index contributed by atoms with van der Waals surface area (Å²) >= 11 is 0. The van der Waals surface area contributed by atoms with Crippen molar-refractivity contribution >= 4 is 62.3 Å². The van der Waals surface area contributed by atoms with Crippen molar-refractivity contribution < 1.29 is 28.8 Å². The maximum atomic E-state index is 14.6. The highest BCUT2D eigenvalue weighted by molar-refractivity contribution is 7.59. The van der Waals surface area contributed by atoms with Gasteiger partial charge in [0.05, 0.1) is 12.2 Å². The van der Waals surface area contributed by atoms with Gasteiger partial charge < -0.3 is 26.2 Å². The van der Waals surface area contributed by atoms with Crippen LogP contribution in [0.1, 0.15) is 145 Å². The molecule has 316 valence electrons. The summed E-state index contributed by atoms with van der Waals surface area (Å²) in [5, 5.41) is 11.5. The van der Waals surface area contributed by atoms with Crippen molar-refractivity contribution in [2.24, 2.45) is 23.2 Å². The van der Waals surface area contributed by atoms with E-state index in [0.29, 0.717) is 19.4 Å². The molecule has 0 spiro atoms. The van der Waals surface area contributed by atoms with Crippen molar-refractivity contribution in [2.75, 3.05) is 6.54 Å². The molecule has 3 aliphatic carbocycles. The first kappa shape index (κ1) is 53.9. The summed E-state index contributed by atoms with van der Waals surface area (Å²) < 4.78 is 0. The topological polar surface area (TPSA) is 180 Å². The molecule has 15 heteroatoms. The molecule has 6 atom stereocenters. The van der Waals surface area contributed by atoms with E-state index in [2.05, 4.69) is 31.2 Å². The van der Waals surface area contributed by atoms with Gasteiger partial charge in [-0.15, -0.1) is 0 Å². The number of nitrogens with one attached hydrogen (secondary N) is 4. The molecule has 4 fully saturated rings. The minimum atomic E-state index is -0.994. The van der Waals surface area contributed by atoms with Crippen molar-refractivity contribution in [1.82, 2.24) is 36.1 Å². The summed E-state index contributed by atoms with van der Waals surface area (Å²) in [6, 6.07) is -3.68. The van der Waals surface area contributed by atoms with Crippen LogP contribution in [0.15, 0.2) is 18.6 Å². The number of ketones is 1. The van der Waals surface area contributed by atoms with Crippen LogP contribution < -0.4 is 21.3 Å². The monoisotopic (exact) mass is 812 g/mol. The Kier molecular flexibility index (Phi) is 23.3. The van der Waals surface area contributed by atoms with Gasteiger partial charge in [0.25, 0.3) is 11.8 Å². The third kappa shape index (κ3) is 13.5. The largest absolute Gasteiger partial charge is 0.347 e. The number of likely N-dealkylation sites (tertiary alicyclic amines) is 1. The second-order valence-corrected chi connectivity index (χ2v) is 15.5. The Balaban J connectivity index is 0. The average Bonchev–Trinajstić information content (AvgIpc) is 3.65. The van der Waals surface area contributed by atoms with E-state index in [0.717, 1.165) is 64.2 Å². The van der Waals surface area contributed by atoms with Gasteiger partial charge in [0.15, 0.2) is 0 Å². The maximum absolute atomic E-state index is 14.6. The molecule has 3 saturated carbocycles. The fraction of sp³-hybridized carbons (Fsp3) is 0.750. The maximum Gasteiger partial charge on any atom is 0.289 e. The van der Waals surface area contributed by atoms with Gasteiger partial charge in [-0.2, -0.15) is 27.0 Å². The first-order valence-corrected chi connectivity index (χ1v) is 18.2. The highest BCUT2D eigenvalue weighted by Gasteiger charge is 2.52. The van der Waals surface area contributed by atoms with E-state index in [1.54, 1.807) is 4.90 Å². The van der Waals surface area contributed by atoms with Gasteiger partial charge >= 0.3 is 0 Å². The lowest BCUT2D eigenvalue weighted by molar-refractivity contribution is -0.146. The molecular formula is C40H73N7O6S2. The summed E-state index contributed by atoms with van der Waals surface area (Å²) in [6.07, 6.45) is 13.9. The number of rotatable bonds is 13. The van der Waals surface area contributed by atoms with Crippen molar-refractivity contribution in [3.05, 3.63) is 24.3 Å². The quantitative estimate of drug-likeness (QED) is 0.196. The summed E-state index contributed by atoms with van der Waals surface area (Å²) in [7, 11) is 0. The standard InChI is InChI=1S/C36H53N7O6.4CH4.2H2S/c1-5-10-25(29(44)34(48)39-23-15-16-23)40-33(47)28-24-14-9-13-22(24)20-43(28)35(49)30(36(2,3)4)42-32(46)27(21-11-7-6-8-12-21)41-31(45)26-19-37-17-18-38-26;;;;;;/h17-19,21-25,27-28,30H,5-16,20H2,1-4H3,(H,39,48)(H,40,47)(H,41,45)(H,42,46);4*1H4;2*1H2/t22-,24-,25+,27-,28+,30-;;;;;;/m0....../s1. The zero-order valence-electron chi connectivity index (χ0n) is 30.3. The molecule has 4 aliphatic rings. The van der Waals surface area contributed by atoms with Gasteiger partial charge in [-0.05, 0) is 68.1 Å². The Labute approximate surface area is 344 Å². The molecule has 13 nitrogen and oxygen atoms in total. The van der Waals surface area contributed by atoms with Crippen LogP contribution in [0.3, 0.4) is 0 Å². The number of hydrogen-bond acceptors (Lipinski definition) is 8. The van der Waals surface area contributed by atoms with Crippen LogP contribution in [0.2, 0.25) is 0 Å². The van der Waals surface area contributed by atoms with Gasteiger partial charge in [0, 0.05) is 25.0 Å². The van der Waals surface area contributed by atoms with Crippen LogP contribution in [0.25, 0.3) is 0 Å². The molecule has 4 N–H and O–H groups in total. The lowest BCUT2D eigenvalue weighted by Crippen LogP contribution is -2.62. The van der Waals surface area contributed by atoms with E-state index in [-0.39, 0.29) is 92.1 Å². The molecule has 0 radical (unpaired) electrons. The first-order valence-electron chi connectivity index (χ1n) is 18.2. The van der Waals surface area contributed by atoms with Gasteiger partial charge in [0.2, 0.25) is 23.5 Å². The normalized spacial score (nSPS) is 21.6. The number of nitrogens with zero attached hydrogens (tertiary/aromatic N) is 3. The Hall–Kier alpha value is -3.20. The Morgan fingerprint density at radius 3 is 2.05 bits per heavy atom. The summed E-state index contributed by atoms with van der Waals surface area (Å²) in [4.78, 5) is 91.4.